The maximum Gasteiger partial charge on any atom is 0.338 e. The van der Waals surface area contributed by atoms with Crippen molar-refractivity contribution in [1.82, 2.24) is 0 Å². The maximum atomic E-state index is 11.3. The van der Waals surface area contributed by atoms with Crippen molar-refractivity contribution in [2.24, 2.45) is 0 Å². The van der Waals surface area contributed by atoms with Crippen LogP contribution >= 0.6 is 0 Å². The van der Waals surface area contributed by atoms with E-state index < -0.39 is 5.97 Å². The first-order valence-corrected chi connectivity index (χ1v) is 6.45. The molecule has 0 atom stereocenters. The zero-order valence-corrected chi connectivity index (χ0v) is 13.3. The molecule has 0 fully saturated rings. The SMILES string of the molecule is CC.CC.COC(=O)c1cc(OC)c(C)c(OC)c1. The first-order chi connectivity index (χ1) is 9.13. The van der Waals surface area contributed by atoms with E-state index in [2.05, 4.69) is 4.74 Å². The lowest BCUT2D eigenvalue weighted by molar-refractivity contribution is 0.0600. The third-order valence-corrected chi connectivity index (χ3v) is 2.17. The van der Waals surface area contributed by atoms with E-state index >= 15 is 0 Å². The molecule has 1 aromatic carbocycles. The van der Waals surface area contributed by atoms with Crippen LogP contribution in [0.3, 0.4) is 0 Å². The predicted molar refractivity (Wildman–Crippen MR) is 78.3 cm³/mol. The summed E-state index contributed by atoms with van der Waals surface area (Å²) in [7, 11) is 4.42. The number of carbonyl (C=O) groups is 1. The quantitative estimate of drug-likeness (QED) is 0.782. The molecule has 0 aliphatic rings. The second kappa shape index (κ2) is 11.4. The smallest absolute Gasteiger partial charge is 0.338 e. The third-order valence-electron chi connectivity index (χ3n) is 2.17. The van der Waals surface area contributed by atoms with E-state index in [1.54, 1.807) is 26.4 Å². The standard InChI is InChI=1S/C11H14O4.2C2H6/c1-7-9(13-2)5-8(11(12)15-4)6-10(7)14-3;2*1-2/h5-6H,1-4H3;2*1-2H3. The summed E-state index contributed by atoms with van der Waals surface area (Å²) in [5.41, 5.74) is 1.27. The van der Waals surface area contributed by atoms with Crippen molar-refractivity contribution in [2.75, 3.05) is 21.3 Å². The predicted octanol–water partition coefficient (Wildman–Crippen LogP) is 3.85. The third kappa shape index (κ3) is 5.64. The Bertz CT molecular complexity index is 347. The van der Waals surface area contributed by atoms with Crippen LogP contribution in [0, 0.1) is 6.92 Å². The minimum absolute atomic E-state index is 0.411. The normalized spacial score (nSPS) is 8.21. The highest BCUT2D eigenvalue weighted by Gasteiger charge is 2.13. The van der Waals surface area contributed by atoms with Gasteiger partial charge in [-0.1, -0.05) is 27.7 Å². The Morgan fingerprint density at radius 2 is 1.26 bits per heavy atom. The molecule has 0 unspecified atom stereocenters. The van der Waals surface area contributed by atoms with Gasteiger partial charge in [-0.15, -0.1) is 0 Å². The van der Waals surface area contributed by atoms with Gasteiger partial charge in [0.2, 0.25) is 0 Å². The fraction of sp³-hybridized carbons (Fsp3) is 0.533. The molecule has 19 heavy (non-hydrogen) atoms. The van der Waals surface area contributed by atoms with Crippen molar-refractivity contribution < 1.29 is 19.0 Å². The molecular weight excluding hydrogens is 244 g/mol. The Hall–Kier alpha value is -1.71. The topological polar surface area (TPSA) is 44.8 Å². The lowest BCUT2D eigenvalue weighted by Gasteiger charge is -2.11. The molecule has 0 radical (unpaired) electrons. The Morgan fingerprint density at radius 3 is 1.53 bits per heavy atom. The number of benzene rings is 1. The molecule has 0 saturated carbocycles. The second-order valence-electron chi connectivity index (χ2n) is 3.00. The van der Waals surface area contributed by atoms with Gasteiger partial charge in [-0.05, 0) is 19.1 Å². The van der Waals surface area contributed by atoms with Crippen LogP contribution in [-0.2, 0) is 4.74 Å². The zero-order chi connectivity index (χ0) is 15.4. The Kier molecular flexibility index (Phi) is 11.8. The van der Waals surface area contributed by atoms with Crippen LogP contribution in [0.1, 0.15) is 43.6 Å². The molecule has 0 bridgehead atoms. The van der Waals surface area contributed by atoms with E-state index in [4.69, 9.17) is 9.47 Å². The number of ether oxygens (including phenoxy) is 3. The minimum atomic E-state index is -0.411. The van der Waals surface area contributed by atoms with Gasteiger partial charge in [0.25, 0.3) is 0 Å². The lowest BCUT2D eigenvalue weighted by Crippen LogP contribution is -2.03. The first kappa shape index (κ1) is 19.6. The number of esters is 1. The molecule has 0 aliphatic heterocycles. The van der Waals surface area contributed by atoms with Crippen molar-refractivity contribution in [2.45, 2.75) is 34.6 Å². The summed E-state index contributed by atoms with van der Waals surface area (Å²) in [4.78, 5) is 11.3. The van der Waals surface area contributed by atoms with Gasteiger partial charge in [-0.25, -0.2) is 4.79 Å². The van der Waals surface area contributed by atoms with E-state index in [9.17, 15) is 4.79 Å². The lowest BCUT2D eigenvalue weighted by atomic mass is 10.1. The van der Waals surface area contributed by atoms with E-state index in [0.29, 0.717) is 17.1 Å². The van der Waals surface area contributed by atoms with Gasteiger partial charge in [-0.2, -0.15) is 0 Å². The zero-order valence-electron chi connectivity index (χ0n) is 13.3. The molecule has 0 heterocycles. The van der Waals surface area contributed by atoms with Crippen LogP contribution in [0.2, 0.25) is 0 Å². The van der Waals surface area contributed by atoms with Gasteiger partial charge < -0.3 is 14.2 Å². The minimum Gasteiger partial charge on any atom is -0.496 e. The van der Waals surface area contributed by atoms with E-state index in [1.807, 2.05) is 34.6 Å². The average molecular weight is 270 g/mol. The second-order valence-corrected chi connectivity index (χ2v) is 3.00. The summed E-state index contributed by atoms with van der Waals surface area (Å²) < 4.78 is 14.9. The largest absolute Gasteiger partial charge is 0.496 e. The summed E-state index contributed by atoms with van der Waals surface area (Å²) in [6.45, 7) is 9.86. The molecular formula is C15H26O4. The highest BCUT2D eigenvalue weighted by Crippen LogP contribution is 2.29. The molecule has 4 nitrogen and oxygen atoms in total. The monoisotopic (exact) mass is 270 g/mol. The van der Waals surface area contributed by atoms with Crippen molar-refractivity contribution >= 4 is 5.97 Å². The highest BCUT2D eigenvalue weighted by atomic mass is 16.5. The summed E-state index contributed by atoms with van der Waals surface area (Å²) in [5.74, 6) is 0.802. The molecule has 0 saturated heterocycles. The van der Waals surface area contributed by atoms with Crippen LogP contribution in [0.25, 0.3) is 0 Å². The summed E-state index contributed by atoms with van der Waals surface area (Å²) >= 11 is 0. The van der Waals surface area contributed by atoms with Crippen LogP contribution in [-0.4, -0.2) is 27.3 Å². The van der Waals surface area contributed by atoms with Crippen LogP contribution in [0.15, 0.2) is 12.1 Å². The van der Waals surface area contributed by atoms with Gasteiger partial charge in [0.05, 0.1) is 26.9 Å². The molecule has 0 N–H and O–H groups in total. The fourth-order valence-corrected chi connectivity index (χ4v) is 1.32. The average Bonchev–Trinajstić information content (AvgIpc) is 2.50. The van der Waals surface area contributed by atoms with Gasteiger partial charge in [0.1, 0.15) is 11.5 Å². The number of rotatable bonds is 3. The van der Waals surface area contributed by atoms with Gasteiger partial charge in [-0.3, -0.25) is 0 Å². The van der Waals surface area contributed by atoms with Crippen molar-refractivity contribution in [3.8, 4) is 11.5 Å². The van der Waals surface area contributed by atoms with Crippen LogP contribution < -0.4 is 9.47 Å². The molecule has 0 aliphatic carbocycles. The van der Waals surface area contributed by atoms with Crippen LogP contribution in [0.4, 0.5) is 0 Å². The summed E-state index contributed by atoms with van der Waals surface area (Å²) in [5, 5.41) is 0. The number of hydrogen-bond donors (Lipinski definition) is 0. The number of carbonyl (C=O) groups excluding carboxylic acids is 1. The Morgan fingerprint density at radius 1 is 0.895 bits per heavy atom. The molecule has 0 spiro atoms. The van der Waals surface area contributed by atoms with E-state index in [1.165, 1.54) is 7.11 Å². The molecule has 0 aromatic heterocycles. The molecule has 1 aromatic rings. The highest BCUT2D eigenvalue weighted by molar-refractivity contribution is 5.90. The molecule has 4 heteroatoms. The maximum absolute atomic E-state index is 11.3. The van der Waals surface area contributed by atoms with Crippen LogP contribution in [0.5, 0.6) is 11.5 Å². The van der Waals surface area contributed by atoms with E-state index in [-0.39, 0.29) is 0 Å². The first-order valence-electron chi connectivity index (χ1n) is 6.45. The van der Waals surface area contributed by atoms with Gasteiger partial charge in [0.15, 0.2) is 0 Å². The van der Waals surface area contributed by atoms with Crippen molar-refractivity contribution in [3.63, 3.8) is 0 Å². The van der Waals surface area contributed by atoms with Gasteiger partial charge >= 0.3 is 5.97 Å². The number of hydrogen-bond acceptors (Lipinski definition) is 4. The number of methoxy groups -OCH3 is 3. The van der Waals surface area contributed by atoms with Gasteiger partial charge in [0, 0.05) is 5.56 Å². The fourth-order valence-electron chi connectivity index (χ4n) is 1.32. The Balaban J connectivity index is 0. The summed E-state index contributed by atoms with van der Waals surface area (Å²) in [6, 6.07) is 3.26. The molecule has 1 rings (SSSR count). The molecule has 110 valence electrons. The van der Waals surface area contributed by atoms with E-state index in [0.717, 1.165) is 5.56 Å². The summed E-state index contributed by atoms with van der Waals surface area (Å²) in [6.07, 6.45) is 0. The molecule has 0 amide bonds. The Labute approximate surface area is 116 Å². The van der Waals surface area contributed by atoms with Crippen molar-refractivity contribution in [1.29, 1.82) is 0 Å². The van der Waals surface area contributed by atoms with Crippen molar-refractivity contribution in [3.05, 3.63) is 23.3 Å².